The van der Waals surface area contributed by atoms with Gasteiger partial charge in [0.1, 0.15) is 5.60 Å². The molecule has 214 valence electrons. The van der Waals surface area contributed by atoms with Gasteiger partial charge in [0.25, 0.3) is 5.96 Å². The number of carboxylic acids is 1. The van der Waals surface area contributed by atoms with Gasteiger partial charge in [0.05, 0.1) is 38.4 Å². The lowest BCUT2D eigenvalue weighted by molar-refractivity contribution is -0.828. The van der Waals surface area contributed by atoms with E-state index < -0.39 is 17.0 Å². The number of carbonyl (C=O) groups excluding carboxylic acids is 1. The monoisotopic (exact) mass is 532 g/mol. The summed E-state index contributed by atoms with van der Waals surface area (Å²) >= 11 is 0. The molecule has 6 N–H and O–H groups in total. The predicted octanol–water partition coefficient (Wildman–Crippen LogP) is -0.629. The molecule has 2 bridgehead atoms. The van der Waals surface area contributed by atoms with Crippen molar-refractivity contribution in [1.29, 1.82) is 0 Å². The van der Waals surface area contributed by atoms with Gasteiger partial charge < -0.3 is 35.9 Å². The standard InChI is InChI=1S/C29H48N4O5/c1-19-8-9-20-14-23-24(25(35)36)27(37,18-38-22-6-4-3-5-7-22)16-28(19,23)29(20)17-33(26(30)31-2)12-10-21(29)15-32-11-13-34/h19-22,32,34,37H,3-18H2,1-2H3,(H2,30,31)(H,35,36)/t19-,20-,21-,27+,28+,29-/m1/s1. The van der Waals surface area contributed by atoms with Crippen LogP contribution in [0.2, 0.25) is 0 Å². The van der Waals surface area contributed by atoms with Gasteiger partial charge in [0, 0.05) is 36.4 Å². The molecule has 1 unspecified atom stereocenters. The van der Waals surface area contributed by atoms with Gasteiger partial charge in [-0.25, -0.2) is 4.99 Å². The molecule has 1 heterocycles. The highest BCUT2D eigenvalue weighted by molar-refractivity contribution is 5.90. The van der Waals surface area contributed by atoms with Crippen molar-refractivity contribution in [2.75, 3.05) is 46.4 Å². The summed E-state index contributed by atoms with van der Waals surface area (Å²) in [6, 6.07) is 0. The van der Waals surface area contributed by atoms with Crippen molar-refractivity contribution < 1.29 is 29.8 Å². The van der Waals surface area contributed by atoms with Crippen LogP contribution in [0.25, 0.3) is 0 Å². The number of quaternary nitrogens is 1. The Bertz CT molecular complexity index is 965. The fourth-order valence-corrected chi connectivity index (χ4v) is 9.80. The third-order valence-electron chi connectivity index (χ3n) is 11.3. The number of guanidine groups is 1. The Morgan fingerprint density at radius 3 is 2.68 bits per heavy atom. The summed E-state index contributed by atoms with van der Waals surface area (Å²) in [5.41, 5.74) is 5.20. The summed E-state index contributed by atoms with van der Waals surface area (Å²) in [5, 5.41) is 37.9. The molecule has 5 aliphatic rings. The van der Waals surface area contributed by atoms with Crippen molar-refractivity contribution >= 4 is 11.9 Å². The molecule has 0 aromatic carbocycles. The van der Waals surface area contributed by atoms with Crippen molar-refractivity contribution in [2.24, 2.45) is 39.3 Å². The first kappa shape index (κ1) is 28.0. The first-order chi connectivity index (χ1) is 18.2. The number of aliphatic hydroxyl groups is 2. The zero-order chi connectivity index (χ0) is 27.1. The highest BCUT2D eigenvalue weighted by atomic mass is 16.5. The Balaban J connectivity index is 1.58. The fourth-order valence-electron chi connectivity index (χ4n) is 9.80. The second-order valence-corrected chi connectivity index (χ2v) is 12.9. The Morgan fingerprint density at radius 1 is 1.24 bits per heavy atom. The van der Waals surface area contributed by atoms with Crippen LogP contribution in [0.5, 0.6) is 0 Å². The van der Waals surface area contributed by atoms with Gasteiger partial charge >= 0.3 is 0 Å². The number of allylic oxidation sites excluding steroid dienone is 1. The van der Waals surface area contributed by atoms with Gasteiger partial charge in [0.2, 0.25) is 0 Å². The molecule has 9 heteroatoms. The number of carbonyl (C=O) groups is 1. The molecule has 0 amide bonds. The Kier molecular flexibility index (Phi) is 7.97. The molecular formula is C29H48N4O5. The van der Waals surface area contributed by atoms with Gasteiger partial charge in [-0.1, -0.05) is 31.8 Å². The topological polar surface area (TPSA) is 145 Å². The van der Waals surface area contributed by atoms with Crippen molar-refractivity contribution in [3.8, 4) is 0 Å². The van der Waals surface area contributed by atoms with E-state index in [2.05, 4.69) is 17.2 Å². The molecule has 0 radical (unpaired) electrons. The summed E-state index contributed by atoms with van der Waals surface area (Å²) in [5.74, 6) is 0.157. The Morgan fingerprint density at radius 2 is 2.00 bits per heavy atom. The molecule has 2 spiro atoms. The molecule has 0 aromatic heterocycles. The lowest BCUT2D eigenvalue weighted by Crippen LogP contribution is -3.19. The number of ether oxygens (including phenoxy) is 1. The van der Waals surface area contributed by atoms with Crippen LogP contribution in [-0.4, -0.2) is 80.3 Å². The summed E-state index contributed by atoms with van der Waals surface area (Å²) in [6.07, 6.45) is 9.49. The molecular weight excluding hydrogens is 484 g/mol. The minimum atomic E-state index is -1.56. The summed E-state index contributed by atoms with van der Waals surface area (Å²) in [4.78, 5) is 18.3. The van der Waals surface area contributed by atoms with Gasteiger partial charge in [-0.2, -0.15) is 0 Å². The molecule has 4 fully saturated rings. The lowest BCUT2D eigenvalue weighted by Gasteiger charge is -2.60. The van der Waals surface area contributed by atoms with E-state index in [9.17, 15) is 20.1 Å². The van der Waals surface area contributed by atoms with Crippen molar-refractivity contribution in [2.45, 2.75) is 82.8 Å². The highest BCUT2D eigenvalue weighted by Gasteiger charge is 2.75. The predicted molar refractivity (Wildman–Crippen MR) is 142 cm³/mol. The highest BCUT2D eigenvalue weighted by Crippen LogP contribution is 2.76. The first-order valence-electron chi connectivity index (χ1n) is 14.9. The van der Waals surface area contributed by atoms with E-state index in [1.54, 1.807) is 7.05 Å². The maximum absolute atomic E-state index is 12.8. The molecule has 1 saturated heterocycles. The summed E-state index contributed by atoms with van der Waals surface area (Å²) in [6.45, 7) is 5.29. The normalized spacial score (nSPS) is 41.6. The third-order valence-corrected chi connectivity index (χ3v) is 11.3. The van der Waals surface area contributed by atoms with Gasteiger partial charge in [-0.05, 0) is 62.8 Å². The van der Waals surface area contributed by atoms with E-state index in [0.717, 1.165) is 75.1 Å². The average Bonchev–Trinajstić information content (AvgIpc) is 3.26. The van der Waals surface area contributed by atoms with Crippen molar-refractivity contribution in [1.82, 2.24) is 5.32 Å². The number of nitrogens with zero attached hydrogens (tertiary/aromatic N) is 1. The molecule has 4 aliphatic carbocycles. The second kappa shape index (κ2) is 10.8. The molecule has 3 saturated carbocycles. The van der Waals surface area contributed by atoms with E-state index in [4.69, 9.17) is 10.5 Å². The van der Waals surface area contributed by atoms with Crippen LogP contribution < -0.4 is 21.1 Å². The smallest absolute Gasteiger partial charge is 0.293 e. The van der Waals surface area contributed by atoms with Crippen LogP contribution in [0.1, 0.15) is 71.1 Å². The maximum Gasteiger partial charge on any atom is 0.293 e. The summed E-state index contributed by atoms with van der Waals surface area (Å²) < 4.78 is 6.28. The van der Waals surface area contributed by atoms with E-state index in [0.29, 0.717) is 31.3 Å². The molecule has 1 aliphatic heterocycles. The van der Waals surface area contributed by atoms with Gasteiger partial charge in [0.15, 0.2) is 0 Å². The molecule has 7 atom stereocenters. The fraction of sp³-hybridized carbons (Fsp3) is 0.862. The minimum Gasteiger partial charge on any atom is -0.545 e. The number of hydrogen-bond donors (Lipinski definition) is 5. The minimum absolute atomic E-state index is 0.0161. The number of piperidine rings is 1. The van der Waals surface area contributed by atoms with Crippen LogP contribution in [0.15, 0.2) is 16.1 Å². The molecule has 0 aromatic rings. The van der Waals surface area contributed by atoms with Crippen molar-refractivity contribution in [3.05, 3.63) is 11.1 Å². The second-order valence-electron chi connectivity index (χ2n) is 12.9. The Labute approximate surface area is 226 Å². The third kappa shape index (κ3) is 4.24. The van der Waals surface area contributed by atoms with Crippen molar-refractivity contribution in [3.63, 3.8) is 0 Å². The first-order valence-corrected chi connectivity index (χ1v) is 14.9. The van der Waals surface area contributed by atoms with Crippen LogP contribution in [0, 0.1) is 28.6 Å². The summed E-state index contributed by atoms with van der Waals surface area (Å²) in [7, 11) is 1.73. The molecule has 9 nitrogen and oxygen atoms in total. The largest absolute Gasteiger partial charge is 0.545 e. The number of aliphatic carboxylic acids is 1. The zero-order valence-corrected chi connectivity index (χ0v) is 23.3. The molecule has 38 heavy (non-hydrogen) atoms. The number of hydrogen-bond acceptors (Lipinski definition) is 7. The number of rotatable bonds is 8. The van der Waals surface area contributed by atoms with E-state index >= 15 is 0 Å². The quantitative estimate of drug-likeness (QED) is 0.159. The van der Waals surface area contributed by atoms with E-state index in [1.807, 2.05) is 0 Å². The average molecular weight is 533 g/mol. The lowest BCUT2D eigenvalue weighted by atomic mass is 9.45. The Hall–Kier alpha value is -1.52. The van der Waals surface area contributed by atoms with Crippen LogP contribution >= 0.6 is 0 Å². The van der Waals surface area contributed by atoms with Crippen LogP contribution in [-0.2, 0) is 9.53 Å². The van der Waals surface area contributed by atoms with Gasteiger partial charge in [-0.15, -0.1) is 0 Å². The SMILES string of the molecule is CN=C(N)[NH+]1CC[C@H](CNCCO)[C@@]2(C1)[C@@H]1CC[C@@H](C)[C@]23C[C@](O)(COC2CCCCC2)C(C(=O)[O-])=C3C1. The van der Waals surface area contributed by atoms with E-state index in [-0.39, 0.29) is 42.1 Å². The molecule has 5 rings (SSSR count). The number of aliphatic hydroxyl groups excluding tert-OH is 1. The van der Waals surface area contributed by atoms with Crippen LogP contribution in [0.4, 0.5) is 0 Å². The zero-order valence-electron chi connectivity index (χ0n) is 23.3. The number of carboxylic acid groups (broad SMARTS) is 1. The number of aliphatic imine (C=N–C) groups is 1. The maximum atomic E-state index is 12.8. The number of nitrogens with one attached hydrogen (secondary N) is 2. The number of likely N-dealkylation sites (tertiary alicyclic amines) is 1. The van der Waals surface area contributed by atoms with Gasteiger partial charge in [-0.3, -0.25) is 4.90 Å². The van der Waals surface area contributed by atoms with E-state index in [1.165, 1.54) is 6.42 Å². The van der Waals surface area contributed by atoms with Crippen LogP contribution in [0.3, 0.4) is 0 Å². The number of nitrogens with two attached hydrogens (primary N) is 1.